The average Bonchev–Trinajstić information content (AvgIpc) is 2.70. The summed E-state index contributed by atoms with van der Waals surface area (Å²) in [4.78, 5) is 0.175. The SMILES string of the molecule is Nc1ccc(S(=O)(=O)OC2CCCC2)cc1. The lowest BCUT2D eigenvalue weighted by molar-refractivity contribution is 0.217. The van der Waals surface area contributed by atoms with Crippen molar-refractivity contribution >= 4 is 15.8 Å². The molecule has 0 bridgehead atoms. The maximum atomic E-state index is 11.8. The first-order valence-corrected chi connectivity index (χ1v) is 6.77. The van der Waals surface area contributed by atoms with Crippen molar-refractivity contribution in [2.45, 2.75) is 36.7 Å². The number of benzene rings is 1. The normalized spacial score (nSPS) is 17.8. The van der Waals surface area contributed by atoms with Gasteiger partial charge in [-0.1, -0.05) is 12.8 Å². The molecule has 0 unspecified atom stereocenters. The summed E-state index contributed by atoms with van der Waals surface area (Å²) >= 11 is 0. The fourth-order valence-electron chi connectivity index (χ4n) is 1.85. The average molecular weight is 241 g/mol. The summed E-state index contributed by atoms with van der Waals surface area (Å²) in [6.45, 7) is 0. The predicted molar refractivity (Wildman–Crippen MR) is 61.4 cm³/mol. The number of nitrogen functional groups attached to an aromatic ring is 1. The van der Waals surface area contributed by atoms with E-state index in [0.29, 0.717) is 5.69 Å². The molecule has 0 heterocycles. The third-order valence-electron chi connectivity index (χ3n) is 2.73. The van der Waals surface area contributed by atoms with Gasteiger partial charge in [0, 0.05) is 5.69 Å². The van der Waals surface area contributed by atoms with E-state index in [9.17, 15) is 8.42 Å². The summed E-state index contributed by atoms with van der Waals surface area (Å²) in [5, 5.41) is 0. The Bertz CT molecular complexity index is 447. The molecule has 5 heteroatoms. The highest BCUT2D eigenvalue weighted by atomic mass is 32.2. The van der Waals surface area contributed by atoms with E-state index in [2.05, 4.69) is 0 Å². The van der Waals surface area contributed by atoms with Gasteiger partial charge in [-0.25, -0.2) is 0 Å². The van der Waals surface area contributed by atoms with Gasteiger partial charge in [0.15, 0.2) is 0 Å². The third-order valence-corrected chi connectivity index (χ3v) is 4.11. The van der Waals surface area contributed by atoms with Gasteiger partial charge >= 0.3 is 0 Å². The van der Waals surface area contributed by atoms with E-state index >= 15 is 0 Å². The second kappa shape index (κ2) is 4.43. The van der Waals surface area contributed by atoms with E-state index in [0.717, 1.165) is 25.7 Å². The molecule has 0 radical (unpaired) electrons. The molecule has 2 rings (SSSR count). The Balaban J connectivity index is 2.14. The van der Waals surface area contributed by atoms with Crippen LogP contribution in [-0.2, 0) is 14.3 Å². The fourth-order valence-corrected chi connectivity index (χ4v) is 2.99. The topological polar surface area (TPSA) is 69.4 Å². The van der Waals surface area contributed by atoms with Crippen LogP contribution < -0.4 is 5.73 Å². The van der Waals surface area contributed by atoms with Crippen LogP contribution in [0, 0.1) is 0 Å². The molecule has 4 nitrogen and oxygen atoms in total. The van der Waals surface area contributed by atoms with Crippen molar-refractivity contribution in [1.29, 1.82) is 0 Å². The summed E-state index contributed by atoms with van der Waals surface area (Å²) in [6.07, 6.45) is 3.59. The lowest BCUT2D eigenvalue weighted by atomic mass is 10.3. The largest absolute Gasteiger partial charge is 0.399 e. The number of nitrogens with two attached hydrogens (primary N) is 1. The van der Waals surface area contributed by atoms with Gasteiger partial charge < -0.3 is 5.73 Å². The second-order valence-electron chi connectivity index (χ2n) is 4.03. The molecule has 1 aliphatic carbocycles. The number of anilines is 1. The molecular formula is C11H15NO3S. The molecule has 0 aliphatic heterocycles. The summed E-state index contributed by atoms with van der Waals surface area (Å²) in [5.41, 5.74) is 6.04. The molecule has 1 aliphatic rings. The fraction of sp³-hybridized carbons (Fsp3) is 0.455. The summed E-state index contributed by atoms with van der Waals surface area (Å²) in [6, 6.07) is 6.06. The minimum Gasteiger partial charge on any atom is -0.399 e. The molecular weight excluding hydrogens is 226 g/mol. The monoisotopic (exact) mass is 241 g/mol. The Kier molecular flexibility index (Phi) is 3.16. The van der Waals surface area contributed by atoms with Crippen molar-refractivity contribution < 1.29 is 12.6 Å². The van der Waals surface area contributed by atoms with Crippen molar-refractivity contribution in [1.82, 2.24) is 0 Å². The van der Waals surface area contributed by atoms with Crippen LogP contribution in [-0.4, -0.2) is 14.5 Å². The van der Waals surface area contributed by atoms with Gasteiger partial charge in [0.05, 0.1) is 11.0 Å². The van der Waals surface area contributed by atoms with Crippen LogP contribution in [0.2, 0.25) is 0 Å². The van der Waals surface area contributed by atoms with Gasteiger partial charge in [-0.05, 0) is 37.1 Å². The van der Waals surface area contributed by atoms with E-state index < -0.39 is 10.1 Å². The van der Waals surface area contributed by atoms with Gasteiger partial charge in [-0.2, -0.15) is 8.42 Å². The number of hydrogen-bond acceptors (Lipinski definition) is 4. The van der Waals surface area contributed by atoms with E-state index in [4.69, 9.17) is 9.92 Å². The van der Waals surface area contributed by atoms with E-state index in [1.165, 1.54) is 12.1 Å². The molecule has 1 aromatic carbocycles. The summed E-state index contributed by atoms with van der Waals surface area (Å²) < 4.78 is 28.8. The molecule has 2 N–H and O–H groups in total. The minimum absolute atomic E-state index is 0.150. The first-order chi connectivity index (χ1) is 7.58. The molecule has 0 saturated heterocycles. The summed E-state index contributed by atoms with van der Waals surface area (Å²) in [5.74, 6) is 0. The standard InChI is InChI=1S/C11H15NO3S/c12-9-5-7-11(8-6-9)16(13,14)15-10-3-1-2-4-10/h5-8,10H,1-4,12H2. The number of hydrogen-bond donors (Lipinski definition) is 1. The van der Waals surface area contributed by atoms with Gasteiger partial charge in [0.1, 0.15) is 0 Å². The highest BCUT2D eigenvalue weighted by molar-refractivity contribution is 7.86. The lowest BCUT2D eigenvalue weighted by Gasteiger charge is -2.11. The summed E-state index contributed by atoms with van der Waals surface area (Å²) in [7, 11) is -3.62. The quantitative estimate of drug-likeness (QED) is 0.648. The molecule has 0 atom stereocenters. The van der Waals surface area contributed by atoms with Crippen LogP contribution in [0.3, 0.4) is 0 Å². The van der Waals surface area contributed by atoms with Gasteiger partial charge in [-0.15, -0.1) is 0 Å². The maximum absolute atomic E-state index is 11.8. The Labute approximate surface area is 95.5 Å². The second-order valence-corrected chi connectivity index (χ2v) is 5.60. The van der Waals surface area contributed by atoms with Gasteiger partial charge in [-0.3, -0.25) is 4.18 Å². The van der Waals surface area contributed by atoms with Crippen molar-refractivity contribution in [3.05, 3.63) is 24.3 Å². The molecule has 1 aromatic rings. The van der Waals surface area contributed by atoms with Crippen LogP contribution in [0.15, 0.2) is 29.2 Å². The predicted octanol–water partition coefficient (Wildman–Crippen LogP) is 1.92. The zero-order valence-corrected chi connectivity index (χ0v) is 9.74. The van der Waals surface area contributed by atoms with Crippen molar-refractivity contribution in [3.8, 4) is 0 Å². The van der Waals surface area contributed by atoms with Crippen molar-refractivity contribution in [3.63, 3.8) is 0 Å². The molecule has 88 valence electrons. The van der Waals surface area contributed by atoms with Crippen LogP contribution in [0.25, 0.3) is 0 Å². The van der Waals surface area contributed by atoms with E-state index in [-0.39, 0.29) is 11.0 Å². The maximum Gasteiger partial charge on any atom is 0.297 e. The zero-order valence-electron chi connectivity index (χ0n) is 8.93. The highest BCUT2D eigenvalue weighted by Crippen LogP contribution is 2.25. The number of rotatable bonds is 3. The molecule has 16 heavy (non-hydrogen) atoms. The highest BCUT2D eigenvalue weighted by Gasteiger charge is 2.24. The van der Waals surface area contributed by atoms with Crippen LogP contribution in [0.4, 0.5) is 5.69 Å². The Hall–Kier alpha value is -1.07. The van der Waals surface area contributed by atoms with Crippen molar-refractivity contribution in [2.75, 3.05) is 5.73 Å². The third kappa shape index (κ3) is 2.54. The van der Waals surface area contributed by atoms with E-state index in [1.54, 1.807) is 12.1 Å². The molecule has 0 amide bonds. The lowest BCUT2D eigenvalue weighted by Crippen LogP contribution is -2.15. The van der Waals surface area contributed by atoms with Gasteiger partial charge in [0.25, 0.3) is 10.1 Å². The van der Waals surface area contributed by atoms with Crippen LogP contribution in [0.5, 0.6) is 0 Å². The molecule has 0 aromatic heterocycles. The molecule has 1 saturated carbocycles. The smallest absolute Gasteiger partial charge is 0.297 e. The van der Waals surface area contributed by atoms with E-state index in [1.807, 2.05) is 0 Å². The van der Waals surface area contributed by atoms with Crippen LogP contribution in [0.1, 0.15) is 25.7 Å². The minimum atomic E-state index is -3.62. The first kappa shape index (κ1) is 11.4. The van der Waals surface area contributed by atoms with Crippen molar-refractivity contribution in [2.24, 2.45) is 0 Å². The molecule has 0 spiro atoms. The van der Waals surface area contributed by atoms with Crippen LogP contribution >= 0.6 is 0 Å². The Morgan fingerprint density at radius 3 is 2.25 bits per heavy atom. The molecule has 1 fully saturated rings. The Morgan fingerprint density at radius 2 is 1.69 bits per heavy atom. The Morgan fingerprint density at radius 1 is 1.12 bits per heavy atom. The zero-order chi connectivity index (χ0) is 11.6. The first-order valence-electron chi connectivity index (χ1n) is 5.37. The van der Waals surface area contributed by atoms with Gasteiger partial charge in [0.2, 0.25) is 0 Å².